The summed E-state index contributed by atoms with van der Waals surface area (Å²) in [6.07, 6.45) is 73.8. The molecular weight excluding hydrogens is 829 g/mol. The normalized spacial score (nSPS) is 12.9. The Morgan fingerprint density at radius 2 is 0.627 bits per heavy atom. The third-order valence-electron chi connectivity index (χ3n) is 11.2. The second-order valence-corrected chi connectivity index (χ2v) is 17.7. The first-order chi connectivity index (χ1) is 33.0. The van der Waals surface area contributed by atoms with E-state index in [0.29, 0.717) is 19.3 Å². The van der Waals surface area contributed by atoms with Gasteiger partial charge in [0.05, 0.1) is 0 Å². The fourth-order valence-corrected chi connectivity index (χ4v) is 7.15. The highest BCUT2D eigenvalue weighted by atomic mass is 16.6. The highest BCUT2D eigenvalue weighted by molar-refractivity contribution is 5.71. The van der Waals surface area contributed by atoms with Crippen molar-refractivity contribution in [3.63, 3.8) is 0 Å². The molecule has 0 spiro atoms. The Morgan fingerprint density at radius 3 is 1.07 bits per heavy atom. The van der Waals surface area contributed by atoms with E-state index in [4.69, 9.17) is 14.2 Å². The van der Waals surface area contributed by atoms with Crippen LogP contribution in [0.15, 0.2) is 109 Å². The van der Waals surface area contributed by atoms with Gasteiger partial charge in [-0.1, -0.05) is 220 Å². The van der Waals surface area contributed by atoms with Crippen LogP contribution in [0.3, 0.4) is 0 Å². The monoisotopic (exact) mass is 929 g/mol. The molecule has 380 valence electrons. The van der Waals surface area contributed by atoms with Crippen LogP contribution in [0.1, 0.15) is 239 Å². The van der Waals surface area contributed by atoms with Crippen LogP contribution in [0, 0.1) is 0 Å². The van der Waals surface area contributed by atoms with Gasteiger partial charge in [-0.25, -0.2) is 0 Å². The lowest BCUT2D eigenvalue weighted by Crippen LogP contribution is -2.30. The molecule has 0 rings (SSSR count). The molecule has 0 saturated heterocycles. The number of unbranched alkanes of at least 4 members (excludes halogenated alkanes) is 19. The molecule has 0 aromatic carbocycles. The zero-order valence-electron chi connectivity index (χ0n) is 43.4. The van der Waals surface area contributed by atoms with Gasteiger partial charge in [0.1, 0.15) is 13.2 Å². The van der Waals surface area contributed by atoms with Crippen molar-refractivity contribution in [2.45, 2.75) is 245 Å². The lowest BCUT2D eigenvalue weighted by Gasteiger charge is -2.18. The fourth-order valence-electron chi connectivity index (χ4n) is 7.15. The van der Waals surface area contributed by atoms with Gasteiger partial charge >= 0.3 is 17.9 Å². The Morgan fingerprint density at radius 1 is 0.313 bits per heavy atom. The molecule has 0 heterocycles. The molecule has 0 saturated carbocycles. The van der Waals surface area contributed by atoms with Crippen LogP contribution in [0.25, 0.3) is 0 Å². The van der Waals surface area contributed by atoms with Crippen LogP contribution in [0.5, 0.6) is 0 Å². The molecule has 0 radical (unpaired) electrons. The Bertz CT molecular complexity index is 1390. The van der Waals surface area contributed by atoms with E-state index in [-0.39, 0.29) is 44.0 Å². The van der Waals surface area contributed by atoms with E-state index in [1.54, 1.807) is 0 Å². The van der Waals surface area contributed by atoms with Crippen LogP contribution < -0.4 is 0 Å². The molecule has 0 aromatic heterocycles. The molecule has 1 unspecified atom stereocenters. The largest absolute Gasteiger partial charge is 0.462 e. The number of esters is 3. The Labute approximate surface area is 412 Å². The van der Waals surface area contributed by atoms with Gasteiger partial charge in [0.25, 0.3) is 0 Å². The predicted octanol–water partition coefficient (Wildman–Crippen LogP) is 18.3. The summed E-state index contributed by atoms with van der Waals surface area (Å²) in [5.74, 6) is -1.06. The summed E-state index contributed by atoms with van der Waals surface area (Å²) in [6, 6.07) is 0. The molecule has 0 bridgehead atoms. The first-order valence-corrected chi connectivity index (χ1v) is 27.4. The second-order valence-electron chi connectivity index (χ2n) is 17.7. The summed E-state index contributed by atoms with van der Waals surface area (Å²) < 4.78 is 16.7. The Hall–Kier alpha value is -3.93. The molecule has 0 fully saturated rings. The lowest BCUT2D eigenvalue weighted by molar-refractivity contribution is -0.166. The molecular formula is C61H100O6. The van der Waals surface area contributed by atoms with Gasteiger partial charge in [0, 0.05) is 19.3 Å². The van der Waals surface area contributed by atoms with Gasteiger partial charge in [0.2, 0.25) is 0 Å². The standard InChI is InChI=1S/C61H100O6/c1-4-7-10-13-16-19-22-25-27-29-30-32-33-36-39-42-45-48-51-54-60(63)66-57-58(56-65-59(62)53-50-47-44-41-38-35-24-21-18-15-12-9-6-3)67-61(64)55-52-49-46-43-40-37-34-31-28-26-23-20-17-14-11-8-5-2/h7,10,16-17,19-20,25-28,34-35,37-38,43-44,46-47,58H,4-6,8-9,11-15,18,21-24,29-33,36,39-42,45,48-57H2,1-3H3/b10-7-,19-16-,20-17-,27-25-,28-26-,37-34-,38-35-,46-43-,47-44-. The summed E-state index contributed by atoms with van der Waals surface area (Å²) >= 11 is 0. The zero-order valence-corrected chi connectivity index (χ0v) is 43.4. The predicted molar refractivity (Wildman–Crippen MR) is 288 cm³/mol. The number of hydrogen-bond acceptors (Lipinski definition) is 6. The van der Waals surface area contributed by atoms with Crippen molar-refractivity contribution < 1.29 is 28.6 Å². The van der Waals surface area contributed by atoms with Crippen molar-refractivity contribution in [3.8, 4) is 0 Å². The SMILES string of the molecule is CC/C=C\C/C=C\C/C=C\CCCCCCCCCCCC(=O)OCC(COC(=O)CC/C=C\C/C=C\CCCCCCCC)OC(=O)CCC/C=C\C/C=C\C/C=C\C/C=C\CCCCC. The third-order valence-corrected chi connectivity index (χ3v) is 11.2. The number of hydrogen-bond donors (Lipinski definition) is 0. The molecule has 0 N–H and O–H groups in total. The Kier molecular flexibility index (Phi) is 51.5. The number of carbonyl (C=O) groups is 3. The van der Waals surface area contributed by atoms with Gasteiger partial charge < -0.3 is 14.2 Å². The van der Waals surface area contributed by atoms with Gasteiger partial charge in [-0.2, -0.15) is 0 Å². The molecule has 1 atom stereocenters. The van der Waals surface area contributed by atoms with Crippen molar-refractivity contribution in [3.05, 3.63) is 109 Å². The minimum atomic E-state index is -0.833. The number of rotatable bonds is 48. The van der Waals surface area contributed by atoms with E-state index in [9.17, 15) is 14.4 Å². The summed E-state index contributed by atoms with van der Waals surface area (Å²) in [5.41, 5.74) is 0. The summed E-state index contributed by atoms with van der Waals surface area (Å²) in [7, 11) is 0. The summed E-state index contributed by atoms with van der Waals surface area (Å²) in [4.78, 5) is 38.0. The Balaban J connectivity index is 4.52. The molecule has 0 aromatic rings. The van der Waals surface area contributed by atoms with Crippen LogP contribution in [0.2, 0.25) is 0 Å². The molecule has 6 nitrogen and oxygen atoms in total. The highest BCUT2D eigenvalue weighted by Crippen LogP contribution is 2.13. The summed E-state index contributed by atoms with van der Waals surface area (Å²) in [6.45, 7) is 6.38. The van der Waals surface area contributed by atoms with Crippen molar-refractivity contribution in [2.75, 3.05) is 13.2 Å². The molecule has 0 aliphatic rings. The molecule has 0 aliphatic carbocycles. The van der Waals surface area contributed by atoms with Crippen LogP contribution >= 0.6 is 0 Å². The van der Waals surface area contributed by atoms with E-state index in [0.717, 1.165) is 83.5 Å². The second kappa shape index (κ2) is 54.7. The maximum absolute atomic E-state index is 12.8. The molecule has 6 heteroatoms. The van der Waals surface area contributed by atoms with Crippen LogP contribution in [-0.4, -0.2) is 37.2 Å². The van der Waals surface area contributed by atoms with E-state index in [1.807, 2.05) is 6.08 Å². The van der Waals surface area contributed by atoms with Gasteiger partial charge in [-0.15, -0.1) is 0 Å². The van der Waals surface area contributed by atoms with Crippen molar-refractivity contribution in [1.29, 1.82) is 0 Å². The minimum absolute atomic E-state index is 0.121. The van der Waals surface area contributed by atoms with Crippen molar-refractivity contribution in [1.82, 2.24) is 0 Å². The van der Waals surface area contributed by atoms with Gasteiger partial charge in [-0.05, 0) is 109 Å². The zero-order chi connectivity index (χ0) is 48.6. The minimum Gasteiger partial charge on any atom is -0.462 e. The van der Waals surface area contributed by atoms with Crippen molar-refractivity contribution in [2.24, 2.45) is 0 Å². The molecule has 67 heavy (non-hydrogen) atoms. The average Bonchev–Trinajstić information content (AvgIpc) is 3.33. The first kappa shape index (κ1) is 63.1. The average molecular weight is 929 g/mol. The quantitative estimate of drug-likeness (QED) is 0.0262. The van der Waals surface area contributed by atoms with Gasteiger partial charge in [-0.3, -0.25) is 14.4 Å². The van der Waals surface area contributed by atoms with Crippen molar-refractivity contribution >= 4 is 17.9 Å². The number of ether oxygens (including phenoxy) is 3. The molecule has 0 amide bonds. The van der Waals surface area contributed by atoms with E-state index >= 15 is 0 Å². The van der Waals surface area contributed by atoms with Crippen LogP contribution in [0.4, 0.5) is 0 Å². The lowest BCUT2D eigenvalue weighted by atomic mass is 10.1. The smallest absolute Gasteiger partial charge is 0.306 e. The number of allylic oxidation sites excluding steroid dienone is 18. The topological polar surface area (TPSA) is 78.9 Å². The fraction of sp³-hybridized carbons (Fsp3) is 0.656. The van der Waals surface area contributed by atoms with Gasteiger partial charge in [0.15, 0.2) is 6.10 Å². The maximum Gasteiger partial charge on any atom is 0.306 e. The van der Waals surface area contributed by atoms with E-state index in [2.05, 4.69) is 124 Å². The van der Waals surface area contributed by atoms with E-state index in [1.165, 1.54) is 103 Å². The maximum atomic E-state index is 12.8. The molecule has 0 aliphatic heterocycles. The van der Waals surface area contributed by atoms with E-state index < -0.39 is 6.10 Å². The first-order valence-electron chi connectivity index (χ1n) is 27.4. The third kappa shape index (κ3) is 52.9. The number of carbonyl (C=O) groups excluding carboxylic acids is 3. The highest BCUT2D eigenvalue weighted by Gasteiger charge is 2.19. The summed E-state index contributed by atoms with van der Waals surface area (Å²) in [5, 5.41) is 0. The van der Waals surface area contributed by atoms with Crippen LogP contribution in [-0.2, 0) is 28.6 Å².